The zero-order valence-corrected chi connectivity index (χ0v) is 7.73. The molecular weight excluding hydrogens is 179 g/mol. The van der Waals surface area contributed by atoms with E-state index in [0.717, 1.165) is 23.4 Å². The van der Waals surface area contributed by atoms with Crippen molar-refractivity contribution >= 4 is 6.20 Å². The SMILES string of the molecule is F[C@@H]1N=c2ccccc2=CN1C1CC1. The van der Waals surface area contributed by atoms with E-state index in [1.165, 1.54) is 0 Å². The van der Waals surface area contributed by atoms with Gasteiger partial charge in [-0.25, -0.2) is 4.99 Å². The molecule has 0 saturated heterocycles. The van der Waals surface area contributed by atoms with Gasteiger partial charge in [-0.3, -0.25) is 0 Å². The number of alkyl halides is 1. The van der Waals surface area contributed by atoms with Crippen molar-refractivity contribution < 1.29 is 4.39 Å². The van der Waals surface area contributed by atoms with Gasteiger partial charge in [-0.15, -0.1) is 0 Å². The number of hydrogen-bond acceptors (Lipinski definition) is 2. The third-order valence-corrected chi connectivity index (χ3v) is 2.69. The Labute approximate surface area is 81.4 Å². The minimum atomic E-state index is -1.18. The molecule has 1 aromatic carbocycles. The monoisotopic (exact) mass is 190 g/mol. The average Bonchev–Trinajstić information content (AvgIpc) is 3.00. The van der Waals surface area contributed by atoms with E-state index in [1.807, 2.05) is 30.5 Å². The lowest BCUT2D eigenvalue weighted by atomic mass is 10.2. The molecule has 0 bridgehead atoms. The van der Waals surface area contributed by atoms with Gasteiger partial charge in [0.2, 0.25) is 0 Å². The summed E-state index contributed by atoms with van der Waals surface area (Å²) >= 11 is 0. The van der Waals surface area contributed by atoms with Gasteiger partial charge in [-0.2, -0.15) is 4.39 Å². The Kier molecular flexibility index (Phi) is 1.60. The molecule has 72 valence electrons. The van der Waals surface area contributed by atoms with Gasteiger partial charge in [0.25, 0.3) is 6.42 Å². The first-order valence-corrected chi connectivity index (χ1v) is 4.91. The lowest BCUT2D eigenvalue weighted by Crippen LogP contribution is -2.40. The summed E-state index contributed by atoms with van der Waals surface area (Å²) < 4.78 is 13.5. The summed E-state index contributed by atoms with van der Waals surface area (Å²) in [5.41, 5.74) is 0. The van der Waals surface area contributed by atoms with Crippen LogP contribution in [0, 0.1) is 0 Å². The number of benzene rings is 1. The molecule has 2 aliphatic rings. The lowest BCUT2D eigenvalue weighted by molar-refractivity contribution is 0.143. The molecule has 1 aliphatic heterocycles. The van der Waals surface area contributed by atoms with Crippen molar-refractivity contribution in [1.82, 2.24) is 4.90 Å². The van der Waals surface area contributed by atoms with Crippen LogP contribution in [0.2, 0.25) is 0 Å². The smallest absolute Gasteiger partial charge is 0.267 e. The molecule has 1 aliphatic carbocycles. The third kappa shape index (κ3) is 1.20. The van der Waals surface area contributed by atoms with E-state index < -0.39 is 6.42 Å². The molecular formula is C11H11FN2. The molecule has 0 N–H and O–H groups in total. The fraction of sp³-hybridized carbons (Fsp3) is 0.364. The molecule has 3 heteroatoms. The standard InChI is InChI=1S/C11H11FN2/c12-11-13-10-4-2-1-3-8(10)7-14(11)9-5-6-9/h1-4,7,9,11H,5-6H2/t11-/m1/s1. The van der Waals surface area contributed by atoms with Crippen LogP contribution in [0.5, 0.6) is 0 Å². The molecule has 0 amide bonds. The van der Waals surface area contributed by atoms with Crippen LogP contribution in [0.15, 0.2) is 29.3 Å². The Hall–Kier alpha value is -1.38. The molecule has 2 nitrogen and oxygen atoms in total. The van der Waals surface area contributed by atoms with E-state index in [0.29, 0.717) is 6.04 Å². The second-order valence-corrected chi connectivity index (χ2v) is 3.81. The average molecular weight is 190 g/mol. The maximum Gasteiger partial charge on any atom is 0.267 e. The Morgan fingerprint density at radius 2 is 2.07 bits per heavy atom. The van der Waals surface area contributed by atoms with E-state index in [2.05, 4.69) is 4.99 Å². The Bertz CT molecular complexity index is 464. The summed E-state index contributed by atoms with van der Waals surface area (Å²) in [6.45, 7) is 0. The van der Waals surface area contributed by atoms with Gasteiger partial charge in [0.1, 0.15) is 0 Å². The fourth-order valence-corrected chi connectivity index (χ4v) is 1.77. The van der Waals surface area contributed by atoms with Crippen LogP contribution in [-0.4, -0.2) is 17.4 Å². The minimum Gasteiger partial charge on any atom is -0.327 e. The normalized spacial score (nSPS) is 24.9. The molecule has 1 aromatic rings. The molecule has 1 heterocycles. The zero-order chi connectivity index (χ0) is 9.54. The van der Waals surface area contributed by atoms with E-state index in [-0.39, 0.29) is 0 Å². The highest BCUT2D eigenvalue weighted by atomic mass is 19.1. The quantitative estimate of drug-likeness (QED) is 0.597. The summed E-state index contributed by atoms with van der Waals surface area (Å²) in [6.07, 6.45) is 2.89. The molecule has 14 heavy (non-hydrogen) atoms. The Morgan fingerprint density at radius 3 is 2.86 bits per heavy atom. The topological polar surface area (TPSA) is 15.6 Å². The lowest BCUT2D eigenvalue weighted by Gasteiger charge is -2.23. The third-order valence-electron chi connectivity index (χ3n) is 2.69. The second-order valence-electron chi connectivity index (χ2n) is 3.81. The van der Waals surface area contributed by atoms with Gasteiger partial charge in [-0.05, 0) is 18.9 Å². The minimum absolute atomic E-state index is 0.377. The van der Waals surface area contributed by atoms with E-state index >= 15 is 0 Å². The maximum absolute atomic E-state index is 13.5. The van der Waals surface area contributed by atoms with Crippen molar-refractivity contribution in [3.8, 4) is 0 Å². The molecule has 0 spiro atoms. The number of hydrogen-bond donors (Lipinski definition) is 0. The van der Waals surface area contributed by atoms with Crippen LogP contribution >= 0.6 is 0 Å². The number of para-hydroxylation sites is 1. The highest BCUT2D eigenvalue weighted by molar-refractivity contribution is 5.26. The summed E-state index contributed by atoms with van der Waals surface area (Å²) in [6, 6.07) is 8.04. The van der Waals surface area contributed by atoms with Crippen LogP contribution in [0.25, 0.3) is 6.20 Å². The maximum atomic E-state index is 13.5. The summed E-state index contributed by atoms with van der Waals surface area (Å²) in [7, 11) is 0. The molecule has 1 saturated carbocycles. The van der Waals surface area contributed by atoms with Crippen molar-refractivity contribution in [1.29, 1.82) is 0 Å². The first-order valence-electron chi connectivity index (χ1n) is 4.91. The van der Waals surface area contributed by atoms with Crippen molar-refractivity contribution in [2.24, 2.45) is 4.99 Å². The second kappa shape index (κ2) is 2.80. The van der Waals surface area contributed by atoms with Crippen molar-refractivity contribution in [2.45, 2.75) is 25.3 Å². The first-order chi connectivity index (χ1) is 6.84. The highest BCUT2D eigenvalue weighted by Crippen LogP contribution is 2.29. The van der Waals surface area contributed by atoms with Gasteiger partial charge in [0.15, 0.2) is 0 Å². The van der Waals surface area contributed by atoms with Crippen LogP contribution in [-0.2, 0) is 0 Å². The van der Waals surface area contributed by atoms with Crippen LogP contribution < -0.4 is 10.6 Å². The van der Waals surface area contributed by atoms with Gasteiger partial charge in [-0.1, -0.05) is 18.2 Å². The molecule has 0 unspecified atom stereocenters. The van der Waals surface area contributed by atoms with E-state index in [1.54, 1.807) is 4.90 Å². The fourth-order valence-electron chi connectivity index (χ4n) is 1.77. The first kappa shape index (κ1) is 7.97. The summed E-state index contributed by atoms with van der Waals surface area (Å²) in [5.74, 6) is 0. The van der Waals surface area contributed by atoms with Gasteiger partial charge < -0.3 is 4.90 Å². The van der Waals surface area contributed by atoms with E-state index in [9.17, 15) is 4.39 Å². The van der Waals surface area contributed by atoms with Crippen LogP contribution in [0.3, 0.4) is 0 Å². The number of fused-ring (bicyclic) bond motifs is 1. The summed E-state index contributed by atoms with van der Waals surface area (Å²) in [4.78, 5) is 5.74. The van der Waals surface area contributed by atoms with Gasteiger partial charge in [0, 0.05) is 17.5 Å². The van der Waals surface area contributed by atoms with Crippen molar-refractivity contribution in [3.05, 3.63) is 34.8 Å². The van der Waals surface area contributed by atoms with Crippen molar-refractivity contribution in [3.63, 3.8) is 0 Å². The van der Waals surface area contributed by atoms with Gasteiger partial charge >= 0.3 is 0 Å². The van der Waals surface area contributed by atoms with Gasteiger partial charge in [0.05, 0.1) is 5.36 Å². The van der Waals surface area contributed by atoms with E-state index in [4.69, 9.17) is 0 Å². The molecule has 1 atom stereocenters. The zero-order valence-electron chi connectivity index (χ0n) is 7.73. The Balaban J connectivity index is 2.13. The predicted octanol–water partition coefficient (Wildman–Crippen LogP) is 0.775. The number of nitrogens with zero attached hydrogens (tertiary/aromatic N) is 2. The molecule has 1 fully saturated rings. The molecule has 0 aromatic heterocycles. The highest BCUT2D eigenvalue weighted by Gasteiger charge is 2.32. The van der Waals surface area contributed by atoms with Crippen molar-refractivity contribution in [2.75, 3.05) is 0 Å². The number of rotatable bonds is 1. The molecule has 0 radical (unpaired) electrons. The predicted molar refractivity (Wildman–Crippen MR) is 51.4 cm³/mol. The molecule has 3 rings (SSSR count). The largest absolute Gasteiger partial charge is 0.327 e. The van der Waals surface area contributed by atoms with Crippen LogP contribution in [0.4, 0.5) is 4.39 Å². The van der Waals surface area contributed by atoms with Crippen LogP contribution in [0.1, 0.15) is 12.8 Å². The number of halogens is 1. The Morgan fingerprint density at radius 1 is 1.29 bits per heavy atom. The summed E-state index contributed by atoms with van der Waals surface area (Å²) in [5, 5.41) is 1.78.